The second-order valence-electron chi connectivity index (χ2n) is 6.92. The normalized spacial score (nSPS) is 10.7. The van der Waals surface area contributed by atoms with Gasteiger partial charge in [0.1, 0.15) is 5.76 Å². The van der Waals surface area contributed by atoms with Crippen LogP contribution in [0.4, 0.5) is 5.13 Å². The van der Waals surface area contributed by atoms with Crippen molar-refractivity contribution in [2.45, 2.75) is 13.8 Å². The van der Waals surface area contributed by atoms with E-state index in [0.717, 1.165) is 26.9 Å². The second-order valence-corrected chi connectivity index (χ2v) is 9.10. The number of furan rings is 1. The van der Waals surface area contributed by atoms with Gasteiger partial charge in [0.15, 0.2) is 16.0 Å². The monoisotopic (exact) mass is 511 g/mol. The number of aromatic nitrogens is 1. The minimum absolute atomic E-state index is 0.158. The maximum absolute atomic E-state index is 12.5. The molecule has 0 aliphatic heterocycles. The van der Waals surface area contributed by atoms with Crippen molar-refractivity contribution < 1.29 is 9.21 Å². The number of rotatable bonds is 4. The van der Waals surface area contributed by atoms with Gasteiger partial charge in [-0.2, -0.15) is 0 Å². The molecule has 8 heteroatoms. The van der Waals surface area contributed by atoms with Crippen LogP contribution in [0.25, 0.3) is 22.6 Å². The van der Waals surface area contributed by atoms with E-state index >= 15 is 0 Å². The predicted molar refractivity (Wildman–Crippen MR) is 133 cm³/mol. The first kappa shape index (κ1) is 21.4. The summed E-state index contributed by atoms with van der Waals surface area (Å²) in [5.74, 6) is 0.399. The third-order valence-electron chi connectivity index (χ3n) is 4.71. The molecular formula is C23H18BrN3O2S2. The van der Waals surface area contributed by atoms with Crippen LogP contribution in [0.1, 0.15) is 21.7 Å². The second kappa shape index (κ2) is 9.13. The summed E-state index contributed by atoms with van der Waals surface area (Å²) < 4.78 is 6.74. The van der Waals surface area contributed by atoms with Crippen molar-refractivity contribution in [3.05, 3.63) is 81.3 Å². The molecule has 0 saturated heterocycles. The Morgan fingerprint density at radius 1 is 1.03 bits per heavy atom. The number of thiazole rings is 1. The van der Waals surface area contributed by atoms with Gasteiger partial charge in [0.2, 0.25) is 0 Å². The maximum atomic E-state index is 12.5. The van der Waals surface area contributed by atoms with Crippen LogP contribution in [0.2, 0.25) is 0 Å². The molecule has 0 bridgehead atoms. The largest absolute Gasteiger partial charge is 0.451 e. The van der Waals surface area contributed by atoms with E-state index in [1.807, 2.05) is 54.8 Å². The van der Waals surface area contributed by atoms with Crippen LogP contribution in [0.3, 0.4) is 0 Å². The molecule has 2 N–H and O–H groups in total. The zero-order valence-electron chi connectivity index (χ0n) is 16.7. The van der Waals surface area contributed by atoms with E-state index < -0.39 is 5.91 Å². The number of aryl methyl sites for hydroxylation is 2. The first-order chi connectivity index (χ1) is 14.9. The lowest BCUT2D eigenvalue weighted by atomic mass is 10.1. The number of carbonyl (C=O) groups is 1. The van der Waals surface area contributed by atoms with E-state index in [1.165, 1.54) is 16.9 Å². The number of nitrogens with one attached hydrogen (secondary N) is 2. The smallest absolute Gasteiger partial charge is 0.293 e. The molecule has 0 saturated carbocycles. The SMILES string of the molecule is Cc1ccc(-c2ccc(C(=O)NC(=S)Nc3nc(-c4ccc(Br)cc4)cs3)o2)cc1C. The molecule has 0 fully saturated rings. The molecular weight excluding hydrogens is 494 g/mol. The molecule has 0 aliphatic carbocycles. The number of amides is 1. The lowest BCUT2D eigenvalue weighted by molar-refractivity contribution is 0.0951. The Balaban J connectivity index is 1.39. The molecule has 2 aromatic carbocycles. The molecule has 31 heavy (non-hydrogen) atoms. The molecule has 0 unspecified atom stereocenters. The number of halogens is 1. The highest BCUT2D eigenvalue weighted by Crippen LogP contribution is 2.26. The van der Waals surface area contributed by atoms with Gasteiger partial charge in [0.25, 0.3) is 5.91 Å². The fourth-order valence-electron chi connectivity index (χ4n) is 2.89. The van der Waals surface area contributed by atoms with E-state index in [-0.39, 0.29) is 10.9 Å². The van der Waals surface area contributed by atoms with E-state index in [9.17, 15) is 4.79 Å². The zero-order chi connectivity index (χ0) is 22.0. The van der Waals surface area contributed by atoms with Crippen LogP contribution in [0, 0.1) is 13.8 Å². The number of carbonyl (C=O) groups excluding carboxylic acids is 1. The summed E-state index contributed by atoms with van der Waals surface area (Å²) in [5, 5.41) is 8.27. The van der Waals surface area contributed by atoms with Crippen molar-refractivity contribution in [1.82, 2.24) is 10.3 Å². The van der Waals surface area contributed by atoms with Crippen LogP contribution in [0.5, 0.6) is 0 Å². The van der Waals surface area contributed by atoms with Gasteiger partial charge < -0.3 is 9.73 Å². The van der Waals surface area contributed by atoms with Gasteiger partial charge in [-0.25, -0.2) is 4.98 Å². The van der Waals surface area contributed by atoms with Crippen LogP contribution < -0.4 is 10.6 Å². The number of anilines is 1. The average molecular weight is 512 g/mol. The molecule has 0 atom stereocenters. The Hall–Kier alpha value is -2.81. The van der Waals surface area contributed by atoms with Gasteiger partial charge in [0, 0.05) is 21.0 Å². The highest BCUT2D eigenvalue weighted by Gasteiger charge is 2.15. The maximum Gasteiger partial charge on any atom is 0.293 e. The fraction of sp³-hybridized carbons (Fsp3) is 0.0870. The van der Waals surface area contributed by atoms with Crippen molar-refractivity contribution >= 4 is 55.6 Å². The van der Waals surface area contributed by atoms with E-state index in [0.29, 0.717) is 10.9 Å². The molecule has 1 amide bonds. The van der Waals surface area contributed by atoms with Crippen molar-refractivity contribution in [2.24, 2.45) is 0 Å². The minimum atomic E-state index is -0.419. The summed E-state index contributed by atoms with van der Waals surface area (Å²) in [6.45, 7) is 4.10. The molecule has 4 rings (SSSR count). The highest BCUT2D eigenvalue weighted by molar-refractivity contribution is 9.10. The Labute approximate surface area is 197 Å². The molecule has 5 nitrogen and oxygen atoms in total. The van der Waals surface area contributed by atoms with Gasteiger partial charge in [-0.15, -0.1) is 11.3 Å². The Bertz CT molecular complexity index is 1260. The van der Waals surface area contributed by atoms with E-state index in [2.05, 4.69) is 38.5 Å². The summed E-state index contributed by atoms with van der Waals surface area (Å²) >= 11 is 10.1. The number of hydrogen-bond acceptors (Lipinski definition) is 5. The van der Waals surface area contributed by atoms with Crippen LogP contribution in [0.15, 0.2) is 68.9 Å². The summed E-state index contributed by atoms with van der Waals surface area (Å²) in [6.07, 6.45) is 0. The third kappa shape index (κ3) is 5.10. The lowest BCUT2D eigenvalue weighted by Gasteiger charge is -2.06. The van der Waals surface area contributed by atoms with Gasteiger partial charge in [-0.3, -0.25) is 10.1 Å². The number of thiocarbonyl (C=S) groups is 1. The van der Waals surface area contributed by atoms with Crippen LogP contribution >= 0.6 is 39.5 Å². The standard InChI is InChI=1S/C23H18BrN3O2S2/c1-13-3-4-16(11-14(13)2)19-9-10-20(29-19)21(28)26-22(30)27-23-25-18(12-31-23)15-5-7-17(24)8-6-15/h3-12H,1-2H3,(H2,25,26,27,28,30). The fourth-order valence-corrected chi connectivity index (χ4v) is 4.13. The topological polar surface area (TPSA) is 67.2 Å². The van der Waals surface area contributed by atoms with Crippen molar-refractivity contribution in [2.75, 3.05) is 5.32 Å². The van der Waals surface area contributed by atoms with Gasteiger partial charge in [-0.1, -0.05) is 40.2 Å². The number of nitrogens with zero attached hydrogens (tertiary/aromatic N) is 1. The molecule has 0 radical (unpaired) electrons. The van der Waals surface area contributed by atoms with Crippen molar-refractivity contribution in [3.63, 3.8) is 0 Å². The lowest BCUT2D eigenvalue weighted by Crippen LogP contribution is -2.33. The molecule has 0 aliphatic rings. The summed E-state index contributed by atoms with van der Waals surface area (Å²) in [7, 11) is 0. The van der Waals surface area contributed by atoms with Gasteiger partial charge >= 0.3 is 0 Å². The first-order valence-electron chi connectivity index (χ1n) is 9.40. The average Bonchev–Trinajstić information content (AvgIpc) is 3.41. The predicted octanol–water partition coefficient (Wildman–Crippen LogP) is 6.58. The van der Waals surface area contributed by atoms with Crippen LogP contribution in [-0.2, 0) is 0 Å². The highest BCUT2D eigenvalue weighted by atomic mass is 79.9. The minimum Gasteiger partial charge on any atom is -0.451 e. The van der Waals surface area contributed by atoms with E-state index in [1.54, 1.807) is 12.1 Å². The Morgan fingerprint density at radius 2 is 1.77 bits per heavy atom. The zero-order valence-corrected chi connectivity index (χ0v) is 20.0. The summed E-state index contributed by atoms with van der Waals surface area (Å²) in [4.78, 5) is 17.0. The number of hydrogen-bond donors (Lipinski definition) is 2. The molecule has 4 aromatic rings. The van der Waals surface area contributed by atoms with E-state index in [4.69, 9.17) is 16.6 Å². The first-order valence-corrected chi connectivity index (χ1v) is 11.5. The molecule has 2 aromatic heterocycles. The summed E-state index contributed by atoms with van der Waals surface area (Å²) in [5.41, 5.74) is 5.12. The molecule has 0 spiro atoms. The van der Waals surface area contributed by atoms with Crippen molar-refractivity contribution in [1.29, 1.82) is 0 Å². The summed E-state index contributed by atoms with van der Waals surface area (Å²) in [6, 6.07) is 17.3. The van der Waals surface area contributed by atoms with Crippen molar-refractivity contribution in [3.8, 4) is 22.6 Å². The van der Waals surface area contributed by atoms with Crippen LogP contribution in [-0.4, -0.2) is 16.0 Å². The number of benzene rings is 2. The molecule has 156 valence electrons. The third-order valence-corrected chi connectivity index (χ3v) is 6.20. The quantitative estimate of drug-likeness (QED) is 0.303. The van der Waals surface area contributed by atoms with Gasteiger partial charge in [-0.05, 0) is 67.5 Å². The Morgan fingerprint density at radius 3 is 2.52 bits per heavy atom. The van der Waals surface area contributed by atoms with Gasteiger partial charge in [0.05, 0.1) is 5.69 Å². The molecule has 2 heterocycles. The Kier molecular flexibility index (Phi) is 6.31.